The molecule has 182 valence electrons. The fraction of sp³-hybridized carbons (Fsp3) is 0.704. The van der Waals surface area contributed by atoms with Gasteiger partial charge in [0.2, 0.25) is 5.95 Å². The van der Waals surface area contributed by atoms with Crippen LogP contribution in [0.2, 0.25) is 0 Å². The number of aliphatic hydroxyl groups is 1. The lowest BCUT2D eigenvalue weighted by atomic mass is 9.43. The minimum absolute atomic E-state index is 0.169. The van der Waals surface area contributed by atoms with Gasteiger partial charge in [-0.15, -0.1) is 0 Å². The number of esters is 1. The predicted molar refractivity (Wildman–Crippen MR) is 129 cm³/mol. The molecule has 2 heterocycles. The van der Waals surface area contributed by atoms with Gasteiger partial charge in [-0.2, -0.15) is 5.10 Å². The molecule has 2 N–H and O–H groups in total. The van der Waals surface area contributed by atoms with Gasteiger partial charge in [-0.05, 0) is 98.5 Å². The maximum Gasteiger partial charge on any atom is 0.331 e. The largest absolute Gasteiger partial charge is 0.458 e. The molecule has 0 radical (unpaired) electrons. The van der Waals surface area contributed by atoms with Gasteiger partial charge in [-0.1, -0.05) is 13.8 Å². The number of fused-ring (bicyclic) bond motifs is 5. The number of anilines is 1. The summed E-state index contributed by atoms with van der Waals surface area (Å²) >= 11 is 0. The number of carbonyl (C=O) groups excluding carboxylic acids is 1. The SMILES string of the molecule is C[C@]12CC/C(=N/Nc3ncccn3)C[C@H]1CC[C@@H]1[C@@H]2CC[C@]2(C)[C@@H](C3=CC(=O)OC3)CC[C@]12O. The molecule has 0 amide bonds. The van der Waals surface area contributed by atoms with E-state index in [2.05, 4.69) is 34.3 Å². The Morgan fingerprint density at radius 3 is 2.68 bits per heavy atom. The fourth-order valence-electron chi connectivity index (χ4n) is 8.80. The zero-order valence-electron chi connectivity index (χ0n) is 20.3. The van der Waals surface area contributed by atoms with Crippen LogP contribution in [0.25, 0.3) is 0 Å². The zero-order valence-corrected chi connectivity index (χ0v) is 20.3. The predicted octanol–water partition coefficient (Wildman–Crippen LogP) is 4.50. The first-order valence-corrected chi connectivity index (χ1v) is 13.0. The van der Waals surface area contributed by atoms with Crippen LogP contribution in [0.15, 0.2) is 35.2 Å². The van der Waals surface area contributed by atoms with Gasteiger partial charge in [0.05, 0.1) is 5.60 Å². The third-order valence-corrected chi connectivity index (χ3v) is 10.7. The molecule has 5 aliphatic rings. The number of nitrogens with one attached hydrogen (secondary N) is 1. The highest BCUT2D eigenvalue weighted by Crippen LogP contribution is 2.69. The van der Waals surface area contributed by atoms with Crippen molar-refractivity contribution in [3.8, 4) is 0 Å². The van der Waals surface area contributed by atoms with Crippen LogP contribution >= 0.6 is 0 Å². The number of aromatic nitrogens is 2. The number of rotatable bonds is 3. The maximum absolute atomic E-state index is 12.3. The molecule has 4 saturated carbocycles. The molecular formula is C27H36N4O3. The van der Waals surface area contributed by atoms with E-state index in [1.165, 1.54) is 5.71 Å². The van der Waals surface area contributed by atoms with Crippen LogP contribution < -0.4 is 5.43 Å². The average molecular weight is 465 g/mol. The van der Waals surface area contributed by atoms with Crippen LogP contribution in [0.5, 0.6) is 0 Å². The maximum atomic E-state index is 12.3. The highest BCUT2D eigenvalue weighted by atomic mass is 16.5. The van der Waals surface area contributed by atoms with Crippen LogP contribution in [-0.2, 0) is 9.53 Å². The van der Waals surface area contributed by atoms with E-state index in [4.69, 9.17) is 4.74 Å². The number of hydrogen-bond acceptors (Lipinski definition) is 7. The minimum Gasteiger partial charge on any atom is -0.458 e. The van der Waals surface area contributed by atoms with Crippen LogP contribution in [-0.4, -0.2) is 39.0 Å². The number of carbonyl (C=O) groups is 1. The summed E-state index contributed by atoms with van der Waals surface area (Å²) in [7, 11) is 0. The van der Waals surface area contributed by atoms with Gasteiger partial charge in [0.25, 0.3) is 0 Å². The molecule has 7 nitrogen and oxygen atoms in total. The highest BCUT2D eigenvalue weighted by Gasteiger charge is 2.67. The third kappa shape index (κ3) is 3.19. The van der Waals surface area contributed by atoms with E-state index in [1.807, 2.05) is 0 Å². The summed E-state index contributed by atoms with van der Waals surface area (Å²) in [5.41, 5.74) is 4.78. The van der Waals surface area contributed by atoms with Gasteiger partial charge < -0.3 is 9.84 Å². The molecule has 1 aromatic rings. The van der Waals surface area contributed by atoms with E-state index < -0.39 is 5.60 Å². The third-order valence-electron chi connectivity index (χ3n) is 10.7. The van der Waals surface area contributed by atoms with Gasteiger partial charge in [0.15, 0.2) is 0 Å². The number of ether oxygens (including phenoxy) is 1. The summed E-state index contributed by atoms with van der Waals surface area (Å²) in [5.74, 6) is 2.07. The lowest BCUT2D eigenvalue weighted by Gasteiger charge is -2.63. The van der Waals surface area contributed by atoms with Crippen molar-refractivity contribution in [2.24, 2.45) is 39.6 Å². The van der Waals surface area contributed by atoms with Crippen molar-refractivity contribution in [2.45, 2.75) is 77.2 Å². The smallest absolute Gasteiger partial charge is 0.331 e. The van der Waals surface area contributed by atoms with E-state index in [1.54, 1.807) is 24.5 Å². The van der Waals surface area contributed by atoms with Gasteiger partial charge >= 0.3 is 5.97 Å². The second kappa shape index (κ2) is 7.87. The molecule has 0 unspecified atom stereocenters. The summed E-state index contributed by atoms with van der Waals surface area (Å²) in [6.45, 7) is 5.19. The standard InChI is InChI=1S/C27H36N4O3/c1-25-9-6-19(30-31-24-28-12-3-13-29-24)15-18(25)4-5-22-21(25)7-10-26(2)20(8-11-27(22,26)33)17-14-23(32)34-16-17/h3,12-14,18,20-22,33H,4-11,15-16H2,1-2H3,(H,28,29,31)/b30-19-/t18-,20-,21+,22-,25+,26-,27+/m1/s1. The van der Waals surface area contributed by atoms with Crippen molar-refractivity contribution in [1.82, 2.24) is 9.97 Å². The number of hydrazone groups is 1. The first kappa shape index (κ1) is 22.2. The molecule has 7 heteroatoms. The Morgan fingerprint density at radius 2 is 1.91 bits per heavy atom. The second-order valence-electron chi connectivity index (χ2n) is 11.9. The fourth-order valence-corrected chi connectivity index (χ4v) is 8.80. The van der Waals surface area contributed by atoms with Gasteiger partial charge in [0.1, 0.15) is 6.61 Å². The van der Waals surface area contributed by atoms with Gasteiger partial charge in [-0.3, -0.25) is 0 Å². The normalized spacial score (nSPS) is 44.6. The molecule has 1 aliphatic heterocycles. The molecule has 0 saturated heterocycles. The molecule has 1 aromatic heterocycles. The van der Waals surface area contributed by atoms with Crippen LogP contribution in [0.3, 0.4) is 0 Å². The van der Waals surface area contributed by atoms with E-state index in [-0.39, 0.29) is 22.7 Å². The highest BCUT2D eigenvalue weighted by molar-refractivity contribution is 5.86. The molecule has 4 aliphatic carbocycles. The topological polar surface area (TPSA) is 96.7 Å². The zero-order chi connectivity index (χ0) is 23.6. The van der Waals surface area contributed by atoms with Crippen molar-refractivity contribution in [2.75, 3.05) is 12.0 Å². The van der Waals surface area contributed by atoms with Crippen molar-refractivity contribution in [3.05, 3.63) is 30.1 Å². The van der Waals surface area contributed by atoms with Crippen LogP contribution in [0.1, 0.15) is 71.6 Å². The Hall–Kier alpha value is -2.28. The van der Waals surface area contributed by atoms with Crippen molar-refractivity contribution in [3.63, 3.8) is 0 Å². The Morgan fingerprint density at radius 1 is 1.09 bits per heavy atom. The summed E-state index contributed by atoms with van der Waals surface area (Å²) < 4.78 is 5.25. The Labute approximate surface area is 201 Å². The number of cyclic esters (lactones) is 1. The number of nitrogens with zero attached hydrogens (tertiary/aromatic N) is 3. The molecule has 6 rings (SSSR count). The van der Waals surface area contributed by atoms with E-state index >= 15 is 0 Å². The Balaban J connectivity index is 1.21. The summed E-state index contributed by atoms with van der Waals surface area (Å²) in [4.78, 5) is 20.2. The van der Waals surface area contributed by atoms with Gasteiger partial charge in [-0.25, -0.2) is 20.2 Å². The lowest BCUT2D eigenvalue weighted by Crippen LogP contribution is -2.62. The first-order valence-electron chi connectivity index (χ1n) is 13.0. The lowest BCUT2D eigenvalue weighted by molar-refractivity contribution is -0.200. The molecule has 0 spiro atoms. The average Bonchev–Trinajstić information content (AvgIpc) is 3.38. The summed E-state index contributed by atoms with van der Waals surface area (Å²) in [6.07, 6.45) is 14.5. The molecule has 0 aromatic carbocycles. The Bertz CT molecular complexity index is 1040. The molecule has 0 bridgehead atoms. The molecule has 34 heavy (non-hydrogen) atoms. The summed E-state index contributed by atoms with van der Waals surface area (Å²) in [5, 5.41) is 17.0. The second-order valence-corrected chi connectivity index (χ2v) is 11.9. The van der Waals surface area contributed by atoms with Crippen molar-refractivity contribution in [1.29, 1.82) is 0 Å². The first-order chi connectivity index (χ1) is 16.3. The van der Waals surface area contributed by atoms with E-state index in [9.17, 15) is 9.90 Å². The summed E-state index contributed by atoms with van der Waals surface area (Å²) in [6, 6.07) is 1.80. The molecule has 7 atom stereocenters. The van der Waals surface area contributed by atoms with Crippen LogP contribution in [0, 0.1) is 34.5 Å². The Kier molecular flexibility index (Phi) is 5.14. The van der Waals surface area contributed by atoms with E-state index in [0.717, 1.165) is 63.4 Å². The van der Waals surface area contributed by atoms with Crippen molar-refractivity contribution >= 4 is 17.6 Å². The molecular weight excluding hydrogens is 428 g/mol. The molecule has 4 fully saturated rings. The van der Waals surface area contributed by atoms with E-state index in [0.29, 0.717) is 30.3 Å². The van der Waals surface area contributed by atoms with Crippen LogP contribution in [0.4, 0.5) is 5.95 Å². The monoisotopic (exact) mass is 464 g/mol. The van der Waals surface area contributed by atoms with Crippen molar-refractivity contribution < 1.29 is 14.6 Å². The van der Waals surface area contributed by atoms with Gasteiger partial charge in [0, 0.05) is 29.6 Å². The quantitative estimate of drug-likeness (QED) is 0.505. The number of hydrogen-bond donors (Lipinski definition) is 2. The minimum atomic E-state index is -0.651.